The predicted octanol–water partition coefficient (Wildman–Crippen LogP) is -0.175. The van der Waals surface area contributed by atoms with Crippen molar-refractivity contribution in [2.45, 2.75) is 6.54 Å². The molecule has 0 amide bonds. The lowest BCUT2D eigenvalue weighted by molar-refractivity contribution is 0.226. The zero-order chi connectivity index (χ0) is 9.10. The summed E-state index contributed by atoms with van der Waals surface area (Å²) in [5.74, 6) is 1.15. The highest BCUT2D eigenvalue weighted by atomic mass is 15.2. The molecule has 72 valence electrons. The molecule has 0 aliphatic carbocycles. The van der Waals surface area contributed by atoms with Gasteiger partial charge in [-0.3, -0.25) is 4.90 Å². The summed E-state index contributed by atoms with van der Waals surface area (Å²) in [4.78, 5) is 6.74. The minimum atomic E-state index is 0.977. The van der Waals surface area contributed by atoms with Gasteiger partial charge >= 0.3 is 0 Å². The molecule has 2 heterocycles. The summed E-state index contributed by atoms with van der Waals surface area (Å²) in [6.07, 6.45) is 3.86. The quantitative estimate of drug-likeness (QED) is 0.685. The summed E-state index contributed by atoms with van der Waals surface area (Å²) < 4.78 is 2.09. The molecule has 0 aromatic carbocycles. The molecule has 0 saturated carbocycles. The van der Waals surface area contributed by atoms with Gasteiger partial charge in [-0.05, 0) is 0 Å². The number of nitrogens with zero attached hydrogens (tertiary/aromatic N) is 3. The third kappa shape index (κ3) is 2.08. The van der Waals surface area contributed by atoms with Gasteiger partial charge in [0.25, 0.3) is 0 Å². The summed E-state index contributed by atoms with van der Waals surface area (Å²) in [7, 11) is 2.05. The van der Waals surface area contributed by atoms with Crippen LogP contribution in [-0.4, -0.2) is 40.6 Å². The third-order valence-electron chi connectivity index (χ3n) is 2.50. The number of piperazine rings is 1. The first-order valence-electron chi connectivity index (χ1n) is 4.75. The first-order valence-corrected chi connectivity index (χ1v) is 4.75. The van der Waals surface area contributed by atoms with Crippen LogP contribution in [0.15, 0.2) is 12.4 Å². The van der Waals surface area contributed by atoms with Gasteiger partial charge in [0.2, 0.25) is 0 Å². The minimum absolute atomic E-state index is 0.977. The van der Waals surface area contributed by atoms with E-state index in [1.165, 1.54) is 0 Å². The van der Waals surface area contributed by atoms with Crippen LogP contribution in [0.1, 0.15) is 5.82 Å². The van der Waals surface area contributed by atoms with Gasteiger partial charge in [-0.1, -0.05) is 0 Å². The summed E-state index contributed by atoms with van der Waals surface area (Å²) in [6, 6.07) is 0. The Morgan fingerprint density at radius 1 is 1.46 bits per heavy atom. The normalized spacial score (nSPS) is 19.2. The smallest absolute Gasteiger partial charge is 0.122 e. The zero-order valence-corrected chi connectivity index (χ0v) is 8.03. The highest BCUT2D eigenvalue weighted by Gasteiger charge is 2.11. The number of aryl methyl sites for hydroxylation is 1. The topological polar surface area (TPSA) is 33.1 Å². The van der Waals surface area contributed by atoms with Crippen molar-refractivity contribution in [2.75, 3.05) is 26.2 Å². The van der Waals surface area contributed by atoms with Crippen LogP contribution in [0.25, 0.3) is 0 Å². The van der Waals surface area contributed by atoms with Crippen LogP contribution in [0.3, 0.4) is 0 Å². The predicted molar refractivity (Wildman–Crippen MR) is 51.4 cm³/mol. The lowest BCUT2D eigenvalue weighted by Gasteiger charge is -2.26. The second kappa shape index (κ2) is 3.89. The van der Waals surface area contributed by atoms with Gasteiger partial charge in [0.1, 0.15) is 5.82 Å². The Morgan fingerprint density at radius 2 is 2.23 bits per heavy atom. The van der Waals surface area contributed by atoms with E-state index in [1.54, 1.807) is 0 Å². The van der Waals surface area contributed by atoms with Crippen LogP contribution in [0.2, 0.25) is 0 Å². The van der Waals surface area contributed by atoms with Gasteiger partial charge in [-0.2, -0.15) is 0 Å². The molecule has 1 aliphatic heterocycles. The molecule has 1 aliphatic rings. The highest BCUT2D eigenvalue weighted by Crippen LogP contribution is 2.01. The Kier molecular flexibility index (Phi) is 2.61. The van der Waals surface area contributed by atoms with Crippen molar-refractivity contribution < 1.29 is 0 Å². The van der Waals surface area contributed by atoms with Crippen molar-refractivity contribution in [3.05, 3.63) is 18.2 Å². The van der Waals surface area contributed by atoms with Gasteiger partial charge in [-0.25, -0.2) is 4.98 Å². The van der Waals surface area contributed by atoms with Crippen molar-refractivity contribution in [1.29, 1.82) is 0 Å². The largest absolute Gasteiger partial charge is 0.337 e. The molecule has 1 aromatic rings. The molecule has 2 rings (SSSR count). The van der Waals surface area contributed by atoms with Gasteiger partial charge in [0.05, 0.1) is 6.54 Å². The standard InChI is InChI=1S/C9H16N4/c1-12-5-4-11-9(12)8-13-6-2-10-3-7-13/h4-5,10H,2-3,6-8H2,1H3. The van der Waals surface area contributed by atoms with Crippen LogP contribution >= 0.6 is 0 Å². The SMILES string of the molecule is Cn1ccnc1CN1CCNCC1. The van der Waals surface area contributed by atoms with Gasteiger partial charge in [-0.15, -0.1) is 0 Å². The number of hydrogen-bond donors (Lipinski definition) is 1. The number of rotatable bonds is 2. The molecular formula is C9H16N4. The van der Waals surface area contributed by atoms with Gasteiger partial charge in [0, 0.05) is 45.6 Å². The monoisotopic (exact) mass is 180 g/mol. The first kappa shape index (κ1) is 8.72. The minimum Gasteiger partial charge on any atom is -0.337 e. The van der Waals surface area contributed by atoms with E-state index in [4.69, 9.17) is 0 Å². The van der Waals surface area contributed by atoms with Gasteiger partial charge < -0.3 is 9.88 Å². The van der Waals surface area contributed by atoms with E-state index in [1.807, 2.05) is 19.4 Å². The van der Waals surface area contributed by atoms with E-state index in [0.29, 0.717) is 0 Å². The van der Waals surface area contributed by atoms with E-state index < -0.39 is 0 Å². The molecule has 4 heteroatoms. The Bertz CT molecular complexity index is 262. The van der Waals surface area contributed by atoms with Crippen molar-refractivity contribution in [2.24, 2.45) is 7.05 Å². The maximum Gasteiger partial charge on any atom is 0.122 e. The first-order chi connectivity index (χ1) is 6.36. The molecule has 13 heavy (non-hydrogen) atoms. The molecule has 1 aromatic heterocycles. The van der Waals surface area contributed by atoms with E-state index in [2.05, 4.69) is 19.8 Å². The Morgan fingerprint density at radius 3 is 2.85 bits per heavy atom. The van der Waals surface area contributed by atoms with E-state index >= 15 is 0 Å². The lowest BCUT2D eigenvalue weighted by Crippen LogP contribution is -2.43. The molecule has 0 bridgehead atoms. The average molecular weight is 180 g/mol. The maximum atomic E-state index is 4.31. The molecule has 1 saturated heterocycles. The average Bonchev–Trinajstić information content (AvgIpc) is 2.54. The molecule has 1 fully saturated rings. The third-order valence-corrected chi connectivity index (χ3v) is 2.50. The number of aromatic nitrogens is 2. The second-order valence-corrected chi connectivity index (χ2v) is 3.48. The summed E-state index contributed by atoms with van der Waals surface area (Å²) >= 11 is 0. The van der Waals surface area contributed by atoms with Crippen molar-refractivity contribution in [3.8, 4) is 0 Å². The number of hydrogen-bond acceptors (Lipinski definition) is 3. The Labute approximate surface area is 78.6 Å². The Hall–Kier alpha value is -0.870. The van der Waals surface area contributed by atoms with Crippen LogP contribution in [0, 0.1) is 0 Å². The van der Waals surface area contributed by atoms with E-state index in [9.17, 15) is 0 Å². The summed E-state index contributed by atoms with van der Waals surface area (Å²) in [5.41, 5.74) is 0. The molecule has 0 unspecified atom stereocenters. The lowest BCUT2D eigenvalue weighted by atomic mass is 10.3. The van der Waals surface area contributed by atoms with Crippen LogP contribution in [0.5, 0.6) is 0 Å². The number of nitrogens with one attached hydrogen (secondary N) is 1. The highest BCUT2D eigenvalue weighted by molar-refractivity contribution is 4.91. The fraction of sp³-hybridized carbons (Fsp3) is 0.667. The van der Waals surface area contributed by atoms with Crippen LogP contribution in [0.4, 0.5) is 0 Å². The summed E-state index contributed by atoms with van der Waals surface area (Å²) in [5, 5.41) is 3.34. The fourth-order valence-electron chi connectivity index (χ4n) is 1.62. The number of imidazole rings is 1. The molecule has 4 nitrogen and oxygen atoms in total. The van der Waals surface area contributed by atoms with Crippen molar-refractivity contribution in [1.82, 2.24) is 19.8 Å². The summed E-state index contributed by atoms with van der Waals surface area (Å²) in [6.45, 7) is 5.44. The molecule has 1 N–H and O–H groups in total. The fourth-order valence-corrected chi connectivity index (χ4v) is 1.62. The van der Waals surface area contributed by atoms with E-state index in [0.717, 1.165) is 38.5 Å². The van der Waals surface area contributed by atoms with Crippen molar-refractivity contribution in [3.63, 3.8) is 0 Å². The van der Waals surface area contributed by atoms with Crippen molar-refractivity contribution >= 4 is 0 Å². The van der Waals surface area contributed by atoms with E-state index in [-0.39, 0.29) is 0 Å². The van der Waals surface area contributed by atoms with Crippen LogP contribution < -0.4 is 5.32 Å². The van der Waals surface area contributed by atoms with Crippen LogP contribution in [-0.2, 0) is 13.6 Å². The molecule has 0 atom stereocenters. The van der Waals surface area contributed by atoms with Gasteiger partial charge in [0.15, 0.2) is 0 Å². The molecule has 0 spiro atoms. The molecular weight excluding hydrogens is 164 g/mol. The Balaban J connectivity index is 1.93. The zero-order valence-electron chi connectivity index (χ0n) is 8.03. The maximum absolute atomic E-state index is 4.31. The second-order valence-electron chi connectivity index (χ2n) is 3.48. The molecule has 0 radical (unpaired) electrons.